The second-order valence-corrected chi connectivity index (χ2v) is 8.75. The molecule has 5 atom stereocenters. The van der Waals surface area contributed by atoms with E-state index in [0.29, 0.717) is 29.5 Å². The summed E-state index contributed by atoms with van der Waals surface area (Å²) < 4.78 is 0. The van der Waals surface area contributed by atoms with Crippen molar-refractivity contribution >= 4 is 5.78 Å². The van der Waals surface area contributed by atoms with E-state index in [2.05, 4.69) is 20.8 Å². The van der Waals surface area contributed by atoms with Crippen LogP contribution in [0.5, 0.6) is 0 Å². The predicted octanol–water partition coefficient (Wildman–Crippen LogP) is 4.60. The average molecular weight is 294 g/mol. The SMILES string of the molecule is C[C@@H](CCC(C)(C)O)[C@@H](C)C1CCC2C(=O)CCC[C@@]21C. The van der Waals surface area contributed by atoms with E-state index in [4.69, 9.17) is 0 Å². The first-order chi connectivity index (χ1) is 9.65. The Kier molecular flexibility index (Phi) is 4.87. The Labute approximate surface area is 130 Å². The second-order valence-electron chi connectivity index (χ2n) is 8.75. The standard InChI is InChI=1S/C19H34O2/c1-13(10-12-18(3,4)21)14(2)15-8-9-16-17(20)7-6-11-19(15,16)5/h13-16,21H,6-12H2,1-5H3/t13-,14+,15?,16?,19+/m0/s1. The molecule has 2 saturated carbocycles. The fourth-order valence-electron chi connectivity index (χ4n) is 5.07. The molecule has 0 bridgehead atoms. The minimum Gasteiger partial charge on any atom is -0.390 e. The summed E-state index contributed by atoms with van der Waals surface area (Å²) in [4.78, 5) is 12.2. The van der Waals surface area contributed by atoms with Crippen molar-refractivity contribution in [2.75, 3.05) is 0 Å². The number of hydrogen-bond acceptors (Lipinski definition) is 2. The molecule has 0 aromatic heterocycles. The molecular formula is C19H34O2. The molecule has 0 saturated heterocycles. The topological polar surface area (TPSA) is 37.3 Å². The highest BCUT2D eigenvalue weighted by Crippen LogP contribution is 2.57. The third-order valence-corrected chi connectivity index (χ3v) is 6.68. The van der Waals surface area contributed by atoms with Gasteiger partial charge in [0.2, 0.25) is 0 Å². The Morgan fingerprint density at radius 3 is 2.62 bits per heavy atom. The van der Waals surface area contributed by atoms with Crippen LogP contribution in [0.2, 0.25) is 0 Å². The summed E-state index contributed by atoms with van der Waals surface area (Å²) in [6.45, 7) is 10.9. The van der Waals surface area contributed by atoms with Crippen molar-refractivity contribution in [1.29, 1.82) is 0 Å². The number of aliphatic hydroxyl groups is 1. The molecule has 2 rings (SSSR count). The molecule has 0 heterocycles. The van der Waals surface area contributed by atoms with Gasteiger partial charge in [-0.25, -0.2) is 0 Å². The molecule has 2 heteroatoms. The van der Waals surface area contributed by atoms with Crippen molar-refractivity contribution < 1.29 is 9.90 Å². The largest absolute Gasteiger partial charge is 0.390 e. The molecule has 0 aromatic rings. The van der Waals surface area contributed by atoms with Gasteiger partial charge < -0.3 is 5.11 Å². The number of Topliss-reactive ketones (excluding diaryl/α,β-unsaturated/α-hetero) is 1. The van der Waals surface area contributed by atoms with E-state index in [-0.39, 0.29) is 5.41 Å². The van der Waals surface area contributed by atoms with Gasteiger partial charge in [-0.2, -0.15) is 0 Å². The normalized spacial score (nSPS) is 36.4. The maximum Gasteiger partial charge on any atom is 0.136 e. The molecule has 2 fully saturated rings. The molecule has 0 aromatic carbocycles. The maximum absolute atomic E-state index is 12.2. The second kappa shape index (κ2) is 6.02. The van der Waals surface area contributed by atoms with Gasteiger partial charge in [0.1, 0.15) is 5.78 Å². The van der Waals surface area contributed by atoms with E-state index in [1.807, 2.05) is 13.8 Å². The van der Waals surface area contributed by atoms with E-state index in [9.17, 15) is 9.90 Å². The van der Waals surface area contributed by atoms with Crippen LogP contribution < -0.4 is 0 Å². The summed E-state index contributed by atoms with van der Waals surface area (Å²) in [5, 5.41) is 9.94. The van der Waals surface area contributed by atoms with Crippen molar-refractivity contribution in [3.05, 3.63) is 0 Å². The minimum atomic E-state index is -0.559. The van der Waals surface area contributed by atoms with Gasteiger partial charge in [-0.05, 0) is 75.5 Å². The Morgan fingerprint density at radius 1 is 1.33 bits per heavy atom. The summed E-state index contributed by atoms with van der Waals surface area (Å²) in [6, 6.07) is 0. The van der Waals surface area contributed by atoms with Gasteiger partial charge in [-0.1, -0.05) is 20.8 Å². The number of carbonyl (C=O) groups is 1. The Morgan fingerprint density at radius 2 is 2.00 bits per heavy atom. The maximum atomic E-state index is 12.2. The van der Waals surface area contributed by atoms with E-state index in [1.54, 1.807) is 0 Å². The van der Waals surface area contributed by atoms with Gasteiger partial charge in [-0.15, -0.1) is 0 Å². The molecule has 2 nitrogen and oxygen atoms in total. The first-order valence-electron chi connectivity index (χ1n) is 8.90. The molecule has 0 amide bonds. The van der Waals surface area contributed by atoms with Crippen molar-refractivity contribution in [1.82, 2.24) is 0 Å². The zero-order valence-corrected chi connectivity index (χ0v) is 14.6. The lowest BCUT2D eigenvalue weighted by Gasteiger charge is -2.43. The van der Waals surface area contributed by atoms with Gasteiger partial charge in [0.15, 0.2) is 0 Å². The van der Waals surface area contributed by atoms with Crippen LogP contribution in [-0.4, -0.2) is 16.5 Å². The van der Waals surface area contributed by atoms with Crippen molar-refractivity contribution in [2.45, 2.75) is 85.2 Å². The number of hydrogen-bond donors (Lipinski definition) is 1. The van der Waals surface area contributed by atoms with Gasteiger partial charge in [0.05, 0.1) is 5.60 Å². The number of ketones is 1. The minimum absolute atomic E-state index is 0.248. The van der Waals surface area contributed by atoms with Crippen LogP contribution in [0.4, 0.5) is 0 Å². The molecule has 21 heavy (non-hydrogen) atoms. The summed E-state index contributed by atoms with van der Waals surface area (Å²) >= 11 is 0. The van der Waals surface area contributed by atoms with Crippen LogP contribution in [0, 0.1) is 29.1 Å². The Balaban J connectivity index is 2.02. The Bertz CT molecular complexity index is 382. The van der Waals surface area contributed by atoms with Crippen molar-refractivity contribution in [3.8, 4) is 0 Å². The zero-order valence-electron chi connectivity index (χ0n) is 14.6. The van der Waals surface area contributed by atoms with Gasteiger partial charge in [-0.3, -0.25) is 4.79 Å². The molecular weight excluding hydrogens is 260 g/mol. The predicted molar refractivity (Wildman–Crippen MR) is 87.0 cm³/mol. The lowest BCUT2D eigenvalue weighted by Crippen LogP contribution is -2.40. The molecule has 2 aliphatic rings. The van der Waals surface area contributed by atoms with Crippen LogP contribution in [0.3, 0.4) is 0 Å². The number of rotatable bonds is 5. The fraction of sp³-hybridized carbons (Fsp3) is 0.947. The molecule has 2 aliphatic carbocycles. The van der Waals surface area contributed by atoms with Crippen LogP contribution in [0.15, 0.2) is 0 Å². The molecule has 0 aliphatic heterocycles. The van der Waals surface area contributed by atoms with Crippen molar-refractivity contribution in [3.63, 3.8) is 0 Å². The van der Waals surface area contributed by atoms with Gasteiger partial charge >= 0.3 is 0 Å². The van der Waals surface area contributed by atoms with Crippen LogP contribution in [-0.2, 0) is 4.79 Å². The van der Waals surface area contributed by atoms with Crippen LogP contribution in [0.25, 0.3) is 0 Å². The van der Waals surface area contributed by atoms with E-state index in [1.165, 1.54) is 12.8 Å². The van der Waals surface area contributed by atoms with Crippen LogP contribution >= 0.6 is 0 Å². The Hall–Kier alpha value is -0.370. The van der Waals surface area contributed by atoms with Gasteiger partial charge in [0, 0.05) is 12.3 Å². The quantitative estimate of drug-likeness (QED) is 0.805. The van der Waals surface area contributed by atoms with Crippen molar-refractivity contribution in [2.24, 2.45) is 29.1 Å². The lowest BCUT2D eigenvalue weighted by atomic mass is 9.60. The lowest BCUT2D eigenvalue weighted by molar-refractivity contribution is -0.130. The van der Waals surface area contributed by atoms with E-state index in [0.717, 1.165) is 32.1 Å². The third-order valence-electron chi connectivity index (χ3n) is 6.68. The molecule has 0 radical (unpaired) electrons. The highest BCUT2D eigenvalue weighted by Gasteiger charge is 2.52. The first-order valence-corrected chi connectivity index (χ1v) is 8.90. The van der Waals surface area contributed by atoms with E-state index < -0.39 is 5.60 Å². The summed E-state index contributed by atoms with van der Waals surface area (Å²) in [5.41, 5.74) is -0.311. The highest BCUT2D eigenvalue weighted by atomic mass is 16.3. The third kappa shape index (κ3) is 3.52. The summed E-state index contributed by atoms with van der Waals surface area (Å²) in [7, 11) is 0. The number of carbonyl (C=O) groups excluding carboxylic acids is 1. The molecule has 2 unspecified atom stereocenters. The first kappa shape index (κ1) is 17.0. The van der Waals surface area contributed by atoms with Crippen LogP contribution in [0.1, 0.15) is 79.6 Å². The monoisotopic (exact) mass is 294 g/mol. The molecule has 122 valence electrons. The molecule has 0 spiro atoms. The smallest absolute Gasteiger partial charge is 0.136 e. The fourth-order valence-corrected chi connectivity index (χ4v) is 5.07. The van der Waals surface area contributed by atoms with E-state index >= 15 is 0 Å². The summed E-state index contributed by atoms with van der Waals surface area (Å²) in [6.07, 6.45) is 7.42. The zero-order chi connectivity index (χ0) is 15.8. The summed E-state index contributed by atoms with van der Waals surface area (Å²) in [5.74, 6) is 2.81. The van der Waals surface area contributed by atoms with Gasteiger partial charge in [0.25, 0.3) is 0 Å². The highest BCUT2D eigenvalue weighted by molar-refractivity contribution is 5.83. The average Bonchev–Trinajstić information content (AvgIpc) is 2.73. The molecule has 1 N–H and O–H groups in total. The number of fused-ring (bicyclic) bond motifs is 1.